The molecule has 0 aromatic carbocycles. The smallest absolute Gasteiger partial charge is 0.329 e. The number of carbonyl (C=O) groups is 10. The normalized spacial score (nSPS) is 12.1. The summed E-state index contributed by atoms with van der Waals surface area (Å²) in [6, 6.07) is -3.57. The molecule has 0 bridgehead atoms. The highest BCUT2D eigenvalue weighted by Gasteiger charge is 2.25. The number of ether oxygens (including phenoxy) is 6. The lowest BCUT2D eigenvalue weighted by Gasteiger charge is -2.20. The largest absolute Gasteiger partial charge is 0.480 e. The molecule has 26 nitrogen and oxygen atoms in total. The van der Waals surface area contributed by atoms with Crippen LogP contribution in [-0.4, -0.2) is 198 Å². The lowest BCUT2D eigenvalue weighted by atomic mass is 10.0. The van der Waals surface area contributed by atoms with E-state index in [2.05, 4.69) is 51.1 Å². The number of hydrogen-bond donors (Lipinski definition) is 10. The Bertz CT molecular complexity index is 1940. The van der Waals surface area contributed by atoms with E-state index in [0.29, 0.717) is 25.7 Å². The quantitative estimate of drug-likeness (QED) is 0.0275. The number of hydrogen-bond acceptors (Lipinski definition) is 16. The van der Waals surface area contributed by atoms with Crippen LogP contribution in [0, 0.1) is 0 Å². The molecular formula is C66H121N7O19. The number of unbranched alkanes of at least 4 members (excludes halogenated alkanes) is 25. The zero-order valence-electron chi connectivity index (χ0n) is 56.2. The van der Waals surface area contributed by atoms with Crippen LogP contribution in [-0.2, 0) is 76.4 Å². The number of aliphatic carboxylic acids is 3. The highest BCUT2D eigenvalue weighted by atomic mass is 16.5. The van der Waals surface area contributed by atoms with Crippen LogP contribution in [0.1, 0.15) is 239 Å². The van der Waals surface area contributed by atoms with Crippen LogP contribution in [0.2, 0.25) is 0 Å². The molecule has 10 N–H and O–H groups in total. The summed E-state index contributed by atoms with van der Waals surface area (Å²) in [5.41, 5.74) is 0. The Labute approximate surface area is 548 Å². The van der Waals surface area contributed by atoms with Crippen molar-refractivity contribution >= 4 is 59.3 Å². The highest BCUT2D eigenvalue weighted by Crippen LogP contribution is 2.15. The molecule has 0 aliphatic heterocycles. The van der Waals surface area contributed by atoms with E-state index in [1.54, 1.807) is 0 Å². The first kappa shape index (κ1) is 86.5. The van der Waals surface area contributed by atoms with Gasteiger partial charge in [-0.1, -0.05) is 168 Å². The monoisotopic (exact) mass is 1320 g/mol. The summed E-state index contributed by atoms with van der Waals surface area (Å²) < 4.78 is 31.6. The van der Waals surface area contributed by atoms with Crippen molar-refractivity contribution < 1.29 is 91.7 Å². The zero-order valence-corrected chi connectivity index (χ0v) is 56.2. The Hall–Kier alpha value is -5.54. The van der Waals surface area contributed by atoms with E-state index in [9.17, 15) is 58.2 Å². The van der Waals surface area contributed by atoms with Crippen molar-refractivity contribution in [1.82, 2.24) is 37.2 Å². The van der Waals surface area contributed by atoms with Crippen molar-refractivity contribution in [1.29, 1.82) is 0 Å². The fourth-order valence-electron chi connectivity index (χ4n) is 9.68. The topological polar surface area (TPSA) is 371 Å². The van der Waals surface area contributed by atoms with Gasteiger partial charge in [0.2, 0.25) is 41.4 Å². The molecule has 0 rings (SSSR count). The molecule has 0 aliphatic rings. The van der Waals surface area contributed by atoms with Crippen LogP contribution in [0.3, 0.4) is 0 Å². The second kappa shape index (κ2) is 64.2. The molecule has 3 atom stereocenters. The standard InChI is InChI=1S/C66H121N7O19/c1-3-5-7-9-11-13-15-17-19-21-23-25-27-32-58(75)72-55(65(83)84)34-36-57(74)67-38-30-29-31-54(71-60(77)37-35-56(66(85)86)73-59(76)33-28-26-24-22-20-18-16-14-12-10-8-6-4-2)64(82)70-41-44-89-46-49-91-52-62(79)68-39-42-87-45-48-90-51-61(78)69-40-43-88-47-50-92-53-63(80)81/h54-56H,3-53H2,1-2H3,(H,67,74)(H,68,79)(H,69,78)(H,70,82)(H,71,77)(H,72,75)(H,73,76)(H,80,81)(H,83,84)(H,85,86)/t54-,55-,56-/m0/s1. The molecule has 0 aromatic rings. The number of amides is 7. The summed E-state index contributed by atoms with van der Waals surface area (Å²) in [5, 5.41) is 46.7. The maximum atomic E-state index is 13.5. The summed E-state index contributed by atoms with van der Waals surface area (Å²) in [6.45, 7) is 5.62. The summed E-state index contributed by atoms with van der Waals surface area (Å²) in [6.07, 6.45) is 30.7. The van der Waals surface area contributed by atoms with E-state index in [0.717, 1.165) is 44.9 Å². The van der Waals surface area contributed by atoms with E-state index in [-0.39, 0.29) is 162 Å². The van der Waals surface area contributed by atoms with Crippen LogP contribution in [0.15, 0.2) is 0 Å². The minimum atomic E-state index is -1.31. The third-order valence-corrected chi connectivity index (χ3v) is 15.0. The first-order valence-corrected chi connectivity index (χ1v) is 34.7. The van der Waals surface area contributed by atoms with Gasteiger partial charge in [0.15, 0.2) is 0 Å². The fourth-order valence-corrected chi connectivity index (χ4v) is 9.68. The van der Waals surface area contributed by atoms with E-state index >= 15 is 0 Å². The van der Waals surface area contributed by atoms with Gasteiger partial charge >= 0.3 is 17.9 Å². The number of nitrogens with one attached hydrogen (secondary N) is 7. The van der Waals surface area contributed by atoms with Gasteiger partial charge in [-0.25, -0.2) is 14.4 Å². The Balaban J connectivity index is 4.87. The lowest BCUT2D eigenvalue weighted by Crippen LogP contribution is -2.48. The number of carbonyl (C=O) groups excluding carboxylic acids is 7. The van der Waals surface area contributed by atoms with E-state index in [1.165, 1.54) is 109 Å². The first-order valence-electron chi connectivity index (χ1n) is 34.7. The molecule has 0 aliphatic carbocycles. The molecule has 0 unspecified atom stereocenters. The summed E-state index contributed by atoms with van der Waals surface area (Å²) in [5.74, 6) is -6.62. The predicted octanol–water partition coefficient (Wildman–Crippen LogP) is 6.95. The van der Waals surface area contributed by atoms with E-state index in [1.807, 2.05) is 0 Å². The van der Waals surface area contributed by atoms with Crippen LogP contribution in [0.25, 0.3) is 0 Å². The molecule has 534 valence electrons. The molecule has 0 aromatic heterocycles. The van der Waals surface area contributed by atoms with Crippen molar-refractivity contribution in [2.75, 3.05) is 105 Å². The summed E-state index contributed by atoms with van der Waals surface area (Å²) >= 11 is 0. The predicted molar refractivity (Wildman–Crippen MR) is 349 cm³/mol. The zero-order chi connectivity index (χ0) is 67.8. The van der Waals surface area contributed by atoms with Gasteiger partial charge in [-0.3, -0.25) is 33.6 Å². The van der Waals surface area contributed by atoms with Gasteiger partial charge < -0.3 is 81.0 Å². The van der Waals surface area contributed by atoms with Gasteiger partial charge in [0.05, 0.1) is 59.5 Å². The van der Waals surface area contributed by atoms with Crippen molar-refractivity contribution in [2.24, 2.45) is 0 Å². The second-order valence-electron chi connectivity index (χ2n) is 23.3. The molecule has 0 spiro atoms. The molecule has 0 heterocycles. The molecular weight excluding hydrogens is 1190 g/mol. The summed E-state index contributed by atoms with van der Waals surface area (Å²) in [7, 11) is 0. The number of carboxylic acid groups (broad SMARTS) is 3. The first-order chi connectivity index (χ1) is 44.6. The minimum Gasteiger partial charge on any atom is -0.480 e. The van der Waals surface area contributed by atoms with Crippen LogP contribution < -0.4 is 37.2 Å². The average molecular weight is 1320 g/mol. The maximum Gasteiger partial charge on any atom is 0.329 e. The average Bonchev–Trinajstić information content (AvgIpc) is 3.65. The maximum absolute atomic E-state index is 13.5. The van der Waals surface area contributed by atoms with Gasteiger partial charge in [-0.05, 0) is 44.9 Å². The number of rotatable bonds is 69. The van der Waals surface area contributed by atoms with Crippen LogP contribution in [0.4, 0.5) is 0 Å². The molecule has 92 heavy (non-hydrogen) atoms. The van der Waals surface area contributed by atoms with Gasteiger partial charge in [-0.15, -0.1) is 0 Å². The summed E-state index contributed by atoms with van der Waals surface area (Å²) in [4.78, 5) is 123. The van der Waals surface area contributed by atoms with Crippen LogP contribution in [0.5, 0.6) is 0 Å². The lowest BCUT2D eigenvalue weighted by molar-refractivity contribution is -0.143. The molecule has 7 amide bonds. The Kier molecular flexibility index (Phi) is 60.3. The Morgan fingerprint density at radius 1 is 0.283 bits per heavy atom. The Morgan fingerprint density at radius 3 is 0.978 bits per heavy atom. The third kappa shape index (κ3) is 59.5. The minimum absolute atomic E-state index is 0.0510. The van der Waals surface area contributed by atoms with E-state index < -0.39 is 66.3 Å². The van der Waals surface area contributed by atoms with Gasteiger partial charge in [0.25, 0.3) is 0 Å². The Morgan fingerprint density at radius 2 is 0.598 bits per heavy atom. The molecule has 0 fully saturated rings. The van der Waals surface area contributed by atoms with Gasteiger partial charge in [0.1, 0.15) is 37.9 Å². The van der Waals surface area contributed by atoms with Crippen molar-refractivity contribution in [3.05, 3.63) is 0 Å². The van der Waals surface area contributed by atoms with Crippen molar-refractivity contribution in [2.45, 2.75) is 257 Å². The van der Waals surface area contributed by atoms with Crippen molar-refractivity contribution in [3.63, 3.8) is 0 Å². The second-order valence-corrected chi connectivity index (χ2v) is 23.3. The van der Waals surface area contributed by atoms with Crippen molar-refractivity contribution in [3.8, 4) is 0 Å². The SMILES string of the molecule is CCCCCCCCCCCCCCCC(=O)N[C@@H](CCC(=O)NCCCC[C@H](NC(=O)CC[C@H](NC(=O)CCCCCCCCCCCCCCC)C(=O)O)C(=O)NCCOCCOCC(=O)NCCOCCOCC(=O)NCCOCCOCC(=O)O)C(=O)O. The van der Waals surface area contributed by atoms with E-state index in [4.69, 9.17) is 33.5 Å². The fraction of sp³-hybridized carbons (Fsp3) is 0.848. The van der Waals surface area contributed by atoms with Gasteiger partial charge in [0, 0.05) is 51.9 Å². The molecule has 0 radical (unpaired) electrons. The molecule has 0 saturated carbocycles. The van der Waals surface area contributed by atoms with Crippen LogP contribution >= 0.6 is 0 Å². The third-order valence-electron chi connectivity index (χ3n) is 15.0. The molecule has 0 saturated heterocycles. The highest BCUT2D eigenvalue weighted by molar-refractivity contribution is 5.88. The number of carboxylic acids is 3. The molecule has 26 heteroatoms. The van der Waals surface area contributed by atoms with Gasteiger partial charge in [-0.2, -0.15) is 0 Å².